The van der Waals surface area contributed by atoms with E-state index in [1.807, 2.05) is 0 Å². The molecule has 1 atom stereocenters. The van der Waals surface area contributed by atoms with Gasteiger partial charge < -0.3 is 5.73 Å². The van der Waals surface area contributed by atoms with Gasteiger partial charge >= 0.3 is 0 Å². The minimum Gasteiger partial charge on any atom is -0.326 e. The van der Waals surface area contributed by atoms with Crippen LogP contribution in [0.1, 0.15) is 49.7 Å². The van der Waals surface area contributed by atoms with Crippen molar-refractivity contribution in [2.75, 3.05) is 0 Å². The predicted octanol–water partition coefficient (Wildman–Crippen LogP) is 3.57. The van der Waals surface area contributed by atoms with Crippen LogP contribution in [0.25, 0.3) is 0 Å². The fourth-order valence-electron chi connectivity index (χ4n) is 2.62. The van der Waals surface area contributed by atoms with Crippen molar-refractivity contribution in [1.82, 2.24) is 0 Å². The van der Waals surface area contributed by atoms with Crippen molar-refractivity contribution in [2.45, 2.75) is 50.2 Å². The Kier molecular flexibility index (Phi) is 4.00. The van der Waals surface area contributed by atoms with Crippen LogP contribution < -0.4 is 5.73 Å². The third-order valence-electron chi connectivity index (χ3n) is 3.76. The molecule has 0 spiro atoms. The summed E-state index contributed by atoms with van der Waals surface area (Å²) in [5, 5.41) is 0.323. The second-order valence-corrected chi connectivity index (χ2v) is 6.08. The monoisotopic (exact) mass is 235 g/mol. The van der Waals surface area contributed by atoms with Crippen LogP contribution in [0, 0.1) is 0 Å². The number of benzene rings is 1. The fraction of sp³-hybridized carbons (Fsp3) is 0.571. The molecule has 2 N–H and O–H groups in total. The first kappa shape index (κ1) is 12.1. The van der Waals surface area contributed by atoms with Crippen LogP contribution in [0.5, 0.6) is 0 Å². The lowest BCUT2D eigenvalue weighted by Gasteiger charge is -2.28. The SMILES string of the molecule is NCc1ccc(C2(P)CCCCCC2)cc1. The number of hydrogen-bond acceptors (Lipinski definition) is 1. The molecule has 1 saturated carbocycles. The number of rotatable bonds is 2. The maximum Gasteiger partial charge on any atom is 0.0178 e. The molecule has 1 nitrogen and oxygen atoms in total. The minimum atomic E-state index is 0.323. The Balaban J connectivity index is 2.19. The van der Waals surface area contributed by atoms with Gasteiger partial charge in [0.05, 0.1) is 0 Å². The minimum absolute atomic E-state index is 0.323. The van der Waals surface area contributed by atoms with Crippen molar-refractivity contribution in [3.8, 4) is 0 Å². The normalized spacial score (nSPS) is 20.4. The maximum atomic E-state index is 5.63. The van der Waals surface area contributed by atoms with Gasteiger partial charge in [-0.15, -0.1) is 9.24 Å². The topological polar surface area (TPSA) is 26.0 Å². The average Bonchev–Trinajstić information content (AvgIpc) is 2.55. The van der Waals surface area contributed by atoms with Gasteiger partial charge in [-0.2, -0.15) is 0 Å². The summed E-state index contributed by atoms with van der Waals surface area (Å²) in [7, 11) is 3.11. The second kappa shape index (κ2) is 5.29. The number of hydrogen-bond donors (Lipinski definition) is 1. The van der Waals surface area contributed by atoms with Gasteiger partial charge in [0.2, 0.25) is 0 Å². The van der Waals surface area contributed by atoms with E-state index in [9.17, 15) is 0 Å². The summed E-state index contributed by atoms with van der Waals surface area (Å²) in [6.07, 6.45) is 8.14. The van der Waals surface area contributed by atoms with Crippen LogP contribution in [0.4, 0.5) is 0 Å². The van der Waals surface area contributed by atoms with E-state index >= 15 is 0 Å². The molecule has 1 fully saturated rings. The lowest BCUT2D eigenvalue weighted by atomic mass is 9.90. The molecular formula is C14H22NP. The highest BCUT2D eigenvalue weighted by Crippen LogP contribution is 2.43. The van der Waals surface area contributed by atoms with Crippen molar-refractivity contribution in [2.24, 2.45) is 5.73 Å². The summed E-state index contributed by atoms with van der Waals surface area (Å²) in [4.78, 5) is 0. The standard InChI is InChI=1S/C14H22NP/c15-11-12-5-7-13(8-6-12)14(16)9-3-1-2-4-10-14/h5-8H,1-4,9-11,15-16H2. The van der Waals surface area contributed by atoms with Gasteiger partial charge in [-0.25, -0.2) is 0 Å². The zero-order valence-corrected chi connectivity index (χ0v) is 11.1. The molecule has 1 aromatic rings. The zero-order valence-electron chi connectivity index (χ0n) is 9.91. The first-order valence-corrected chi connectivity index (χ1v) is 6.91. The Bertz CT molecular complexity index is 323. The highest BCUT2D eigenvalue weighted by atomic mass is 31.0. The van der Waals surface area contributed by atoms with E-state index in [0.717, 1.165) is 0 Å². The van der Waals surface area contributed by atoms with Crippen LogP contribution >= 0.6 is 9.24 Å². The van der Waals surface area contributed by atoms with E-state index in [0.29, 0.717) is 11.7 Å². The Morgan fingerprint density at radius 2 is 1.56 bits per heavy atom. The number of nitrogens with two attached hydrogens (primary N) is 1. The van der Waals surface area contributed by atoms with Crippen LogP contribution in [0.3, 0.4) is 0 Å². The van der Waals surface area contributed by atoms with Crippen molar-refractivity contribution in [3.63, 3.8) is 0 Å². The molecular weight excluding hydrogens is 213 g/mol. The molecule has 1 aliphatic rings. The Labute approximate surface area is 101 Å². The summed E-state index contributed by atoms with van der Waals surface area (Å²) in [5.74, 6) is 0. The largest absolute Gasteiger partial charge is 0.326 e. The summed E-state index contributed by atoms with van der Waals surface area (Å²) >= 11 is 0. The van der Waals surface area contributed by atoms with Crippen LogP contribution in [0.15, 0.2) is 24.3 Å². The first-order chi connectivity index (χ1) is 7.74. The lowest BCUT2D eigenvalue weighted by molar-refractivity contribution is 0.536. The van der Waals surface area contributed by atoms with E-state index in [1.54, 1.807) is 0 Å². The molecule has 1 aliphatic carbocycles. The summed E-state index contributed by atoms with van der Waals surface area (Å²) in [6, 6.07) is 8.87. The quantitative estimate of drug-likeness (QED) is 0.615. The first-order valence-electron chi connectivity index (χ1n) is 6.33. The smallest absolute Gasteiger partial charge is 0.0178 e. The highest BCUT2D eigenvalue weighted by Gasteiger charge is 2.27. The maximum absolute atomic E-state index is 5.63. The molecule has 1 unspecified atom stereocenters. The van der Waals surface area contributed by atoms with E-state index < -0.39 is 0 Å². The zero-order chi connectivity index (χ0) is 11.4. The summed E-state index contributed by atoms with van der Waals surface area (Å²) < 4.78 is 0. The van der Waals surface area contributed by atoms with Gasteiger partial charge in [-0.3, -0.25) is 0 Å². The fourth-order valence-corrected chi connectivity index (χ4v) is 3.22. The van der Waals surface area contributed by atoms with E-state index in [4.69, 9.17) is 5.73 Å². The van der Waals surface area contributed by atoms with E-state index in [2.05, 4.69) is 33.5 Å². The molecule has 0 aliphatic heterocycles. The lowest BCUT2D eigenvalue weighted by Crippen LogP contribution is -2.16. The summed E-state index contributed by atoms with van der Waals surface area (Å²) in [6.45, 7) is 0.643. The molecule has 0 amide bonds. The van der Waals surface area contributed by atoms with Crippen molar-refractivity contribution in [3.05, 3.63) is 35.4 Å². The molecule has 2 heteroatoms. The van der Waals surface area contributed by atoms with Crippen molar-refractivity contribution in [1.29, 1.82) is 0 Å². The van der Waals surface area contributed by atoms with Crippen molar-refractivity contribution >= 4 is 9.24 Å². The molecule has 2 rings (SSSR count). The molecule has 0 saturated heterocycles. The van der Waals surface area contributed by atoms with Gasteiger partial charge in [-0.05, 0) is 24.0 Å². The Hall–Kier alpha value is -0.390. The molecule has 1 aromatic carbocycles. The highest BCUT2D eigenvalue weighted by molar-refractivity contribution is 7.18. The Morgan fingerprint density at radius 3 is 2.06 bits per heavy atom. The van der Waals surface area contributed by atoms with Gasteiger partial charge in [0.1, 0.15) is 0 Å². The average molecular weight is 235 g/mol. The van der Waals surface area contributed by atoms with E-state index in [1.165, 1.54) is 49.7 Å². The summed E-state index contributed by atoms with van der Waals surface area (Å²) in [5.41, 5.74) is 8.33. The molecule has 0 radical (unpaired) electrons. The molecule has 0 heterocycles. The second-order valence-electron chi connectivity index (χ2n) is 4.97. The third-order valence-corrected chi connectivity index (χ3v) is 4.67. The van der Waals surface area contributed by atoms with Crippen LogP contribution in [-0.2, 0) is 11.7 Å². The molecule has 0 aromatic heterocycles. The van der Waals surface area contributed by atoms with Gasteiger partial charge in [0.25, 0.3) is 0 Å². The molecule has 16 heavy (non-hydrogen) atoms. The van der Waals surface area contributed by atoms with E-state index in [-0.39, 0.29) is 0 Å². The van der Waals surface area contributed by atoms with Gasteiger partial charge in [-0.1, -0.05) is 49.9 Å². The third kappa shape index (κ3) is 2.64. The van der Waals surface area contributed by atoms with Gasteiger partial charge in [0.15, 0.2) is 0 Å². The molecule has 0 bridgehead atoms. The predicted molar refractivity (Wildman–Crippen MR) is 73.4 cm³/mol. The van der Waals surface area contributed by atoms with Crippen LogP contribution in [-0.4, -0.2) is 0 Å². The molecule has 88 valence electrons. The Morgan fingerprint density at radius 1 is 1.00 bits per heavy atom. The van der Waals surface area contributed by atoms with Crippen molar-refractivity contribution < 1.29 is 0 Å². The van der Waals surface area contributed by atoms with Gasteiger partial charge in [0, 0.05) is 11.7 Å². The van der Waals surface area contributed by atoms with Crippen LogP contribution in [0.2, 0.25) is 0 Å².